The van der Waals surface area contributed by atoms with E-state index < -0.39 is 0 Å². The van der Waals surface area contributed by atoms with E-state index in [0.717, 1.165) is 5.56 Å². The van der Waals surface area contributed by atoms with Crippen LogP contribution in [0, 0.1) is 6.92 Å². The first-order valence-electron chi connectivity index (χ1n) is 7.47. The van der Waals surface area contributed by atoms with Crippen LogP contribution in [-0.2, 0) is 6.54 Å². The van der Waals surface area contributed by atoms with Gasteiger partial charge in [-0.3, -0.25) is 0 Å². The number of amides is 2. The van der Waals surface area contributed by atoms with Gasteiger partial charge in [0.2, 0.25) is 5.88 Å². The predicted octanol–water partition coefficient (Wildman–Crippen LogP) is 4.10. The van der Waals surface area contributed by atoms with Crippen LogP contribution in [0.4, 0.5) is 10.5 Å². The minimum absolute atomic E-state index is 0.320. The lowest BCUT2D eigenvalue weighted by Gasteiger charge is -2.08. The number of pyridine rings is 1. The minimum Gasteiger partial charge on any atom is -0.467 e. The van der Waals surface area contributed by atoms with Gasteiger partial charge in [-0.25, -0.2) is 9.78 Å². The Morgan fingerprint density at radius 1 is 1.17 bits per heavy atom. The molecule has 0 saturated carbocycles. The molecule has 2 aromatic heterocycles. The molecule has 0 aliphatic carbocycles. The fourth-order valence-corrected chi connectivity index (χ4v) is 2.00. The van der Waals surface area contributed by atoms with E-state index in [-0.39, 0.29) is 6.03 Å². The quantitative estimate of drug-likeness (QED) is 0.741. The molecule has 0 atom stereocenters. The minimum atomic E-state index is -0.333. The number of benzene rings is 1. The molecule has 0 unspecified atom stereocenters. The van der Waals surface area contributed by atoms with Crippen molar-refractivity contribution in [3.05, 3.63) is 72.3 Å². The zero-order valence-electron chi connectivity index (χ0n) is 13.2. The van der Waals surface area contributed by atoms with Crippen molar-refractivity contribution in [3.8, 4) is 11.6 Å². The Balaban J connectivity index is 1.52. The number of anilines is 1. The maximum Gasteiger partial charge on any atom is 0.319 e. The molecule has 0 aliphatic rings. The summed E-state index contributed by atoms with van der Waals surface area (Å²) in [4.78, 5) is 16.0. The van der Waals surface area contributed by atoms with E-state index in [1.165, 1.54) is 6.20 Å². The molecule has 2 N–H and O–H groups in total. The summed E-state index contributed by atoms with van der Waals surface area (Å²) in [5, 5.41) is 5.38. The van der Waals surface area contributed by atoms with Crippen molar-refractivity contribution in [2.24, 2.45) is 0 Å². The van der Waals surface area contributed by atoms with Crippen LogP contribution < -0.4 is 15.4 Å². The zero-order valence-corrected chi connectivity index (χ0v) is 13.2. The van der Waals surface area contributed by atoms with Crippen molar-refractivity contribution >= 4 is 11.7 Å². The van der Waals surface area contributed by atoms with Crippen LogP contribution in [0.15, 0.2) is 65.4 Å². The van der Waals surface area contributed by atoms with Crippen molar-refractivity contribution in [1.29, 1.82) is 0 Å². The number of hydrogen-bond donors (Lipinski definition) is 2. The van der Waals surface area contributed by atoms with Crippen LogP contribution >= 0.6 is 0 Å². The fourth-order valence-electron chi connectivity index (χ4n) is 2.00. The van der Waals surface area contributed by atoms with Crippen LogP contribution in [-0.4, -0.2) is 11.0 Å². The van der Waals surface area contributed by atoms with Gasteiger partial charge >= 0.3 is 6.03 Å². The van der Waals surface area contributed by atoms with Crippen LogP contribution in [0.25, 0.3) is 0 Å². The maximum absolute atomic E-state index is 11.8. The fraction of sp³-hybridized carbons (Fsp3) is 0.111. The zero-order chi connectivity index (χ0) is 16.8. The van der Waals surface area contributed by atoms with Gasteiger partial charge in [0.25, 0.3) is 0 Å². The van der Waals surface area contributed by atoms with Crippen molar-refractivity contribution in [3.63, 3.8) is 0 Å². The summed E-state index contributed by atoms with van der Waals surface area (Å²) in [5.74, 6) is 1.86. The lowest BCUT2D eigenvalue weighted by molar-refractivity contribution is 0.251. The third kappa shape index (κ3) is 4.36. The van der Waals surface area contributed by atoms with Crippen molar-refractivity contribution in [1.82, 2.24) is 10.3 Å². The summed E-state index contributed by atoms with van der Waals surface area (Å²) in [6.45, 7) is 2.33. The largest absolute Gasteiger partial charge is 0.467 e. The Kier molecular flexibility index (Phi) is 4.76. The molecule has 3 rings (SSSR count). The number of ether oxygens (including phenoxy) is 1. The predicted molar refractivity (Wildman–Crippen MR) is 90.1 cm³/mol. The van der Waals surface area contributed by atoms with Gasteiger partial charge in [-0.2, -0.15) is 0 Å². The Hall–Kier alpha value is -3.28. The molecule has 0 bridgehead atoms. The standard InChI is InChI=1S/C18H17N3O3/c1-13-4-7-15(8-5-13)24-17-9-6-14(11-19-17)21-18(22)20-12-16-3-2-10-23-16/h2-11H,12H2,1H3,(H2,20,21,22). The molecule has 2 amide bonds. The molecule has 0 spiro atoms. The highest BCUT2D eigenvalue weighted by Crippen LogP contribution is 2.20. The van der Waals surface area contributed by atoms with Gasteiger partial charge in [0, 0.05) is 6.07 Å². The van der Waals surface area contributed by atoms with E-state index in [1.54, 1.807) is 30.5 Å². The van der Waals surface area contributed by atoms with Gasteiger partial charge < -0.3 is 19.8 Å². The number of nitrogens with one attached hydrogen (secondary N) is 2. The number of aromatic nitrogens is 1. The summed E-state index contributed by atoms with van der Waals surface area (Å²) >= 11 is 0. The lowest BCUT2D eigenvalue weighted by atomic mass is 10.2. The first kappa shape index (κ1) is 15.6. The average Bonchev–Trinajstić information content (AvgIpc) is 3.10. The molecule has 1 aromatic carbocycles. The number of furan rings is 1. The molecule has 122 valence electrons. The number of carbonyl (C=O) groups is 1. The van der Waals surface area contributed by atoms with Crippen molar-refractivity contribution in [2.45, 2.75) is 13.5 Å². The summed E-state index contributed by atoms with van der Waals surface area (Å²) in [5.41, 5.74) is 1.73. The van der Waals surface area contributed by atoms with E-state index in [2.05, 4.69) is 15.6 Å². The van der Waals surface area contributed by atoms with E-state index >= 15 is 0 Å². The van der Waals surface area contributed by atoms with Crippen LogP contribution in [0.2, 0.25) is 0 Å². The third-order valence-electron chi connectivity index (χ3n) is 3.24. The normalized spacial score (nSPS) is 10.2. The SMILES string of the molecule is Cc1ccc(Oc2ccc(NC(=O)NCc3ccco3)cn2)cc1. The van der Waals surface area contributed by atoms with Crippen LogP contribution in [0.3, 0.4) is 0 Å². The molecule has 3 aromatic rings. The van der Waals surface area contributed by atoms with Gasteiger partial charge in [0.05, 0.1) is 24.7 Å². The number of hydrogen-bond acceptors (Lipinski definition) is 4. The van der Waals surface area contributed by atoms with Crippen molar-refractivity contribution in [2.75, 3.05) is 5.32 Å². The molecule has 0 aliphatic heterocycles. The summed E-state index contributed by atoms with van der Waals surface area (Å²) in [6.07, 6.45) is 3.10. The first-order valence-corrected chi connectivity index (χ1v) is 7.47. The summed E-state index contributed by atoms with van der Waals surface area (Å²) < 4.78 is 10.8. The average molecular weight is 323 g/mol. The Morgan fingerprint density at radius 3 is 2.67 bits per heavy atom. The molecule has 0 saturated heterocycles. The van der Waals surface area contributed by atoms with E-state index in [4.69, 9.17) is 9.15 Å². The highest BCUT2D eigenvalue weighted by Gasteiger charge is 2.04. The third-order valence-corrected chi connectivity index (χ3v) is 3.24. The van der Waals surface area contributed by atoms with Gasteiger partial charge in [-0.15, -0.1) is 0 Å². The second kappa shape index (κ2) is 7.32. The molecule has 6 heteroatoms. The smallest absolute Gasteiger partial charge is 0.319 e. The van der Waals surface area contributed by atoms with E-state index in [1.807, 2.05) is 31.2 Å². The lowest BCUT2D eigenvalue weighted by Crippen LogP contribution is -2.28. The number of nitrogens with zero attached hydrogens (tertiary/aromatic N) is 1. The number of aryl methyl sites for hydroxylation is 1. The van der Waals surface area contributed by atoms with Gasteiger partial charge in [-0.05, 0) is 37.3 Å². The van der Waals surface area contributed by atoms with Gasteiger partial charge in [-0.1, -0.05) is 17.7 Å². The van der Waals surface area contributed by atoms with Crippen LogP contribution in [0.5, 0.6) is 11.6 Å². The monoisotopic (exact) mass is 323 g/mol. The van der Waals surface area contributed by atoms with E-state index in [0.29, 0.717) is 29.6 Å². The molecular formula is C18H17N3O3. The molecular weight excluding hydrogens is 306 g/mol. The highest BCUT2D eigenvalue weighted by atomic mass is 16.5. The maximum atomic E-state index is 11.8. The first-order chi connectivity index (χ1) is 11.7. The Bertz CT molecular complexity index is 781. The van der Waals surface area contributed by atoms with E-state index in [9.17, 15) is 4.79 Å². The van der Waals surface area contributed by atoms with Gasteiger partial charge in [0.15, 0.2) is 0 Å². The number of urea groups is 1. The number of carbonyl (C=O) groups excluding carboxylic acids is 1. The molecule has 0 fully saturated rings. The summed E-state index contributed by atoms with van der Waals surface area (Å²) in [7, 11) is 0. The van der Waals surface area contributed by atoms with Crippen LogP contribution in [0.1, 0.15) is 11.3 Å². The molecule has 24 heavy (non-hydrogen) atoms. The second-order valence-corrected chi connectivity index (χ2v) is 5.19. The van der Waals surface area contributed by atoms with Crippen molar-refractivity contribution < 1.29 is 13.9 Å². The molecule has 2 heterocycles. The Labute approximate surface area is 139 Å². The number of rotatable bonds is 5. The summed E-state index contributed by atoms with van der Waals surface area (Å²) in [6, 6.07) is 14.3. The Morgan fingerprint density at radius 2 is 2.00 bits per heavy atom. The van der Waals surface area contributed by atoms with Gasteiger partial charge in [0.1, 0.15) is 11.5 Å². The highest BCUT2D eigenvalue weighted by molar-refractivity contribution is 5.88. The molecule has 0 radical (unpaired) electrons. The topological polar surface area (TPSA) is 76.4 Å². The second-order valence-electron chi connectivity index (χ2n) is 5.19. The molecule has 6 nitrogen and oxygen atoms in total.